The Morgan fingerprint density at radius 1 is 0.677 bits per heavy atom. The van der Waals surface area contributed by atoms with E-state index in [4.69, 9.17) is 4.74 Å². The van der Waals surface area contributed by atoms with E-state index in [1.54, 1.807) is 0 Å². The molecule has 0 bridgehead atoms. The van der Waals surface area contributed by atoms with Gasteiger partial charge in [0.25, 0.3) is 0 Å². The summed E-state index contributed by atoms with van der Waals surface area (Å²) in [6, 6.07) is 0. The van der Waals surface area contributed by atoms with Crippen LogP contribution in [-0.4, -0.2) is 12.1 Å². The number of unbranched alkanes of at least 4 members (excludes halogenated alkanes) is 8. The number of hydrogen-bond donors (Lipinski definition) is 0. The van der Waals surface area contributed by atoms with E-state index in [0.29, 0.717) is 6.42 Å². The van der Waals surface area contributed by atoms with Gasteiger partial charge in [-0.25, -0.2) is 0 Å². The molecule has 0 N–H and O–H groups in total. The standard InChI is InChI=1S/C29H52O2/c1-3-5-7-8-9-10-12-13-23-15-19-27-24(21-23)16-17-25-22-26(18-20-28(25)27)31-29(30)14-11-6-4-2/h23-28H,3-22H2,1-2H3/t23-,24?,25?,26-,27?,28?/m0/s1. The molecule has 3 rings (SSSR count). The first-order chi connectivity index (χ1) is 15.2. The zero-order valence-corrected chi connectivity index (χ0v) is 20.9. The van der Waals surface area contributed by atoms with Gasteiger partial charge in [-0.1, -0.05) is 84.5 Å². The largest absolute Gasteiger partial charge is 0.462 e. The summed E-state index contributed by atoms with van der Waals surface area (Å²) in [4.78, 5) is 12.2. The molecule has 0 aliphatic heterocycles. The Morgan fingerprint density at radius 2 is 1.29 bits per heavy atom. The van der Waals surface area contributed by atoms with Gasteiger partial charge in [-0.15, -0.1) is 0 Å². The highest BCUT2D eigenvalue weighted by molar-refractivity contribution is 5.69. The highest BCUT2D eigenvalue weighted by atomic mass is 16.5. The lowest BCUT2D eigenvalue weighted by atomic mass is 9.56. The SMILES string of the molecule is CCCCCCCCC[C@H]1CCC2C(CCC3C[C@@H](OC(=O)CCCCC)CCC32)C1. The van der Waals surface area contributed by atoms with Gasteiger partial charge in [0, 0.05) is 6.42 Å². The van der Waals surface area contributed by atoms with Crippen LogP contribution in [0.4, 0.5) is 0 Å². The van der Waals surface area contributed by atoms with Crippen LogP contribution in [-0.2, 0) is 9.53 Å². The second-order valence-corrected chi connectivity index (χ2v) is 11.4. The van der Waals surface area contributed by atoms with E-state index in [1.807, 2.05) is 0 Å². The number of rotatable bonds is 13. The zero-order valence-electron chi connectivity index (χ0n) is 20.9. The molecule has 0 saturated heterocycles. The fraction of sp³-hybridized carbons (Fsp3) is 0.966. The quantitative estimate of drug-likeness (QED) is 0.214. The normalized spacial score (nSPS) is 32.8. The van der Waals surface area contributed by atoms with E-state index in [2.05, 4.69) is 13.8 Å². The molecule has 0 aromatic rings. The minimum Gasteiger partial charge on any atom is -0.462 e. The van der Waals surface area contributed by atoms with Crippen LogP contribution in [0.15, 0.2) is 0 Å². The first kappa shape index (κ1) is 25.1. The summed E-state index contributed by atoms with van der Waals surface area (Å²) in [5, 5.41) is 0. The molecule has 3 saturated carbocycles. The summed E-state index contributed by atoms with van der Waals surface area (Å²) in [6.07, 6.45) is 26.8. The number of hydrogen-bond acceptors (Lipinski definition) is 2. The maximum atomic E-state index is 12.2. The number of fused-ring (bicyclic) bond motifs is 3. The second-order valence-electron chi connectivity index (χ2n) is 11.4. The molecule has 0 aromatic heterocycles. The van der Waals surface area contributed by atoms with Crippen LogP contribution in [0.3, 0.4) is 0 Å². The van der Waals surface area contributed by atoms with Gasteiger partial charge in [-0.2, -0.15) is 0 Å². The predicted molar refractivity (Wildman–Crippen MR) is 131 cm³/mol. The molecule has 31 heavy (non-hydrogen) atoms. The van der Waals surface area contributed by atoms with Gasteiger partial charge in [-0.05, 0) is 81.0 Å². The van der Waals surface area contributed by atoms with Crippen molar-refractivity contribution in [3.63, 3.8) is 0 Å². The van der Waals surface area contributed by atoms with Crippen molar-refractivity contribution in [3.05, 3.63) is 0 Å². The van der Waals surface area contributed by atoms with Crippen LogP contribution in [0.5, 0.6) is 0 Å². The van der Waals surface area contributed by atoms with Crippen LogP contribution in [0.1, 0.15) is 142 Å². The first-order valence-electron chi connectivity index (χ1n) is 14.4. The molecule has 0 aromatic carbocycles. The average Bonchev–Trinajstić information content (AvgIpc) is 2.78. The lowest BCUT2D eigenvalue weighted by Crippen LogP contribution is -2.43. The molecule has 2 nitrogen and oxygen atoms in total. The number of carbonyl (C=O) groups is 1. The third kappa shape index (κ3) is 8.08. The molecular weight excluding hydrogens is 380 g/mol. The van der Waals surface area contributed by atoms with Gasteiger partial charge in [-0.3, -0.25) is 4.79 Å². The van der Waals surface area contributed by atoms with E-state index in [0.717, 1.165) is 55.3 Å². The van der Waals surface area contributed by atoms with Gasteiger partial charge in [0.2, 0.25) is 0 Å². The Hall–Kier alpha value is -0.530. The molecule has 3 aliphatic carbocycles. The summed E-state index contributed by atoms with van der Waals surface area (Å²) in [7, 11) is 0. The van der Waals surface area contributed by atoms with Crippen LogP contribution in [0, 0.1) is 29.6 Å². The molecule has 0 heterocycles. The number of ether oxygens (including phenoxy) is 1. The highest BCUT2D eigenvalue weighted by Crippen LogP contribution is 2.53. The molecule has 3 fully saturated rings. The molecule has 2 heteroatoms. The summed E-state index contributed by atoms with van der Waals surface area (Å²) in [5.74, 6) is 4.87. The molecule has 6 atom stereocenters. The molecule has 0 spiro atoms. The number of esters is 1. The molecule has 180 valence electrons. The van der Waals surface area contributed by atoms with Crippen molar-refractivity contribution in [1.29, 1.82) is 0 Å². The topological polar surface area (TPSA) is 26.3 Å². The van der Waals surface area contributed by atoms with Crippen molar-refractivity contribution in [2.45, 2.75) is 148 Å². The molecule has 0 radical (unpaired) electrons. The minimum atomic E-state index is 0.0662. The maximum Gasteiger partial charge on any atom is 0.306 e. The average molecular weight is 433 g/mol. The van der Waals surface area contributed by atoms with Crippen molar-refractivity contribution in [2.24, 2.45) is 29.6 Å². The zero-order chi connectivity index (χ0) is 21.9. The Kier molecular flexibility index (Phi) is 11.2. The minimum absolute atomic E-state index is 0.0662. The van der Waals surface area contributed by atoms with E-state index in [1.165, 1.54) is 96.3 Å². The Morgan fingerprint density at radius 3 is 2.03 bits per heavy atom. The van der Waals surface area contributed by atoms with Crippen LogP contribution in [0.25, 0.3) is 0 Å². The van der Waals surface area contributed by atoms with Gasteiger partial charge >= 0.3 is 5.97 Å². The van der Waals surface area contributed by atoms with Crippen molar-refractivity contribution in [1.82, 2.24) is 0 Å². The van der Waals surface area contributed by atoms with Crippen molar-refractivity contribution >= 4 is 5.97 Å². The van der Waals surface area contributed by atoms with E-state index in [-0.39, 0.29) is 12.1 Å². The lowest BCUT2D eigenvalue weighted by Gasteiger charge is -2.50. The summed E-state index contributed by atoms with van der Waals surface area (Å²) < 4.78 is 5.89. The van der Waals surface area contributed by atoms with E-state index < -0.39 is 0 Å². The summed E-state index contributed by atoms with van der Waals surface area (Å²) in [6.45, 7) is 4.49. The van der Waals surface area contributed by atoms with Crippen LogP contribution < -0.4 is 0 Å². The van der Waals surface area contributed by atoms with Gasteiger partial charge in [0.15, 0.2) is 0 Å². The Balaban J connectivity index is 1.33. The van der Waals surface area contributed by atoms with Crippen molar-refractivity contribution in [3.8, 4) is 0 Å². The van der Waals surface area contributed by atoms with E-state index in [9.17, 15) is 4.79 Å². The van der Waals surface area contributed by atoms with Crippen molar-refractivity contribution in [2.75, 3.05) is 0 Å². The van der Waals surface area contributed by atoms with Gasteiger partial charge in [0.05, 0.1) is 0 Å². The Bertz CT molecular complexity index is 501. The summed E-state index contributed by atoms with van der Waals surface area (Å²) >= 11 is 0. The third-order valence-electron chi connectivity index (χ3n) is 9.10. The van der Waals surface area contributed by atoms with Crippen molar-refractivity contribution < 1.29 is 9.53 Å². The van der Waals surface area contributed by atoms with Crippen LogP contribution >= 0.6 is 0 Å². The van der Waals surface area contributed by atoms with Gasteiger partial charge < -0.3 is 4.74 Å². The lowest BCUT2D eigenvalue weighted by molar-refractivity contribution is -0.153. The fourth-order valence-electron chi connectivity index (χ4n) is 7.37. The van der Waals surface area contributed by atoms with Gasteiger partial charge in [0.1, 0.15) is 6.10 Å². The molecule has 0 amide bonds. The number of carbonyl (C=O) groups excluding carboxylic acids is 1. The Labute approximate surface area is 193 Å². The molecule has 4 unspecified atom stereocenters. The highest BCUT2D eigenvalue weighted by Gasteiger charge is 2.44. The van der Waals surface area contributed by atoms with Crippen LogP contribution in [0.2, 0.25) is 0 Å². The third-order valence-corrected chi connectivity index (χ3v) is 9.10. The monoisotopic (exact) mass is 432 g/mol. The predicted octanol–water partition coefficient (Wildman–Crippen LogP) is 8.86. The summed E-state index contributed by atoms with van der Waals surface area (Å²) in [5.41, 5.74) is 0. The first-order valence-corrected chi connectivity index (χ1v) is 14.4. The smallest absolute Gasteiger partial charge is 0.306 e. The van der Waals surface area contributed by atoms with E-state index >= 15 is 0 Å². The second kappa shape index (κ2) is 13.9. The molecule has 3 aliphatic rings. The maximum absolute atomic E-state index is 12.2. The molecular formula is C29H52O2. The fourth-order valence-corrected chi connectivity index (χ4v) is 7.37.